The van der Waals surface area contributed by atoms with Gasteiger partial charge >= 0.3 is 0 Å². The van der Waals surface area contributed by atoms with Crippen molar-refractivity contribution >= 4 is 22.7 Å². The van der Waals surface area contributed by atoms with Crippen LogP contribution in [0.15, 0.2) is 36.7 Å². The van der Waals surface area contributed by atoms with E-state index in [0.717, 1.165) is 11.1 Å². The van der Waals surface area contributed by atoms with Crippen molar-refractivity contribution in [3.05, 3.63) is 42.4 Å². The molecule has 2 amide bonds. The zero-order valence-corrected chi connectivity index (χ0v) is 19.2. The van der Waals surface area contributed by atoms with Crippen LogP contribution in [0.2, 0.25) is 0 Å². The zero-order valence-electron chi connectivity index (χ0n) is 19.2. The van der Waals surface area contributed by atoms with Gasteiger partial charge in [0, 0.05) is 30.5 Å². The predicted molar refractivity (Wildman–Crippen MR) is 125 cm³/mol. The number of nitrogens with one attached hydrogen (secondary N) is 2. The van der Waals surface area contributed by atoms with Gasteiger partial charge in [0.1, 0.15) is 25.1 Å². The molecule has 5 unspecified atom stereocenters. The SMILES string of the molecule is NC(=O)c1nn(CC(=O)N2CC(F)CC2C(O)NC2CNCC2F)c2ccc(-c3ccnnc3)cc12. The second kappa shape index (κ2) is 9.84. The summed E-state index contributed by atoms with van der Waals surface area (Å²) in [5.41, 5.74) is 7.56. The van der Waals surface area contributed by atoms with E-state index in [4.69, 9.17) is 5.73 Å². The molecule has 0 saturated carbocycles. The summed E-state index contributed by atoms with van der Waals surface area (Å²) in [7, 11) is 0. The molecule has 2 fully saturated rings. The summed E-state index contributed by atoms with van der Waals surface area (Å²) in [4.78, 5) is 26.6. The minimum absolute atomic E-state index is 0.00701. The number of nitrogens with zero attached hydrogens (tertiary/aromatic N) is 5. The summed E-state index contributed by atoms with van der Waals surface area (Å²) in [6.07, 6.45) is -0.780. The van der Waals surface area contributed by atoms with Crippen molar-refractivity contribution in [2.45, 2.75) is 43.6 Å². The van der Waals surface area contributed by atoms with E-state index in [1.165, 1.54) is 9.58 Å². The van der Waals surface area contributed by atoms with Crippen molar-refractivity contribution < 1.29 is 23.5 Å². The van der Waals surface area contributed by atoms with Gasteiger partial charge in [-0.2, -0.15) is 15.3 Å². The maximum absolute atomic E-state index is 14.3. The highest BCUT2D eigenvalue weighted by atomic mass is 19.1. The average molecular weight is 501 g/mol. The molecule has 13 heteroatoms. The number of aliphatic hydroxyl groups is 1. The van der Waals surface area contributed by atoms with Crippen LogP contribution in [0.25, 0.3) is 22.0 Å². The first kappa shape index (κ1) is 24.2. The molecule has 36 heavy (non-hydrogen) atoms. The van der Waals surface area contributed by atoms with Gasteiger partial charge in [0.15, 0.2) is 5.69 Å². The second-order valence-corrected chi connectivity index (χ2v) is 9.07. The lowest BCUT2D eigenvalue weighted by molar-refractivity contribution is -0.135. The Labute approximate surface area is 204 Å². The molecule has 1 aromatic carbocycles. The molecule has 5 rings (SSSR count). The standard InChI is InChI=1S/C23H26F2N8O3/c24-14-6-19(23(36)30-17-9-27-8-16(17)25)32(10-14)20(34)11-33-18-2-1-12(13-3-4-28-29-7-13)5-15(18)21(31-33)22(26)35/h1-5,7,14,16-17,19,23,27,30,36H,6,8-11H2,(H2,26,35). The van der Waals surface area contributed by atoms with E-state index in [2.05, 4.69) is 25.9 Å². The van der Waals surface area contributed by atoms with Crippen LogP contribution in [0.1, 0.15) is 16.9 Å². The third-order valence-corrected chi connectivity index (χ3v) is 6.69. The first-order chi connectivity index (χ1) is 17.3. The van der Waals surface area contributed by atoms with Gasteiger partial charge in [-0.05, 0) is 23.8 Å². The first-order valence-corrected chi connectivity index (χ1v) is 11.6. The number of carbonyl (C=O) groups is 2. The Hall–Kier alpha value is -3.55. The van der Waals surface area contributed by atoms with Gasteiger partial charge in [-0.3, -0.25) is 19.6 Å². The number of likely N-dealkylation sites (tertiary alicyclic amines) is 1. The van der Waals surface area contributed by atoms with Crippen LogP contribution in [0.5, 0.6) is 0 Å². The summed E-state index contributed by atoms with van der Waals surface area (Å²) in [6, 6.07) is 5.49. The highest BCUT2D eigenvalue weighted by Gasteiger charge is 2.41. The maximum Gasteiger partial charge on any atom is 0.269 e. The van der Waals surface area contributed by atoms with Crippen molar-refractivity contribution in [3.63, 3.8) is 0 Å². The van der Waals surface area contributed by atoms with Crippen LogP contribution >= 0.6 is 0 Å². The molecule has 0 spiro atoms. The Morgan fingerprint density at radius 1 is 1.22 bits per heavy atom. The number of aliphatic hydroxyl groups excluding tert-OH is 1. The Bertz CT molecular complexity index is 1270. The number of rotatable bonds is 7. The topological polar surface area (TPSA) is 151 Å². The Balaban J connectivity index is 1.39. The molecule has 2 aliphatic heterocycles. The molecule has 3 aromatic rings. The van der Waals surface area contributed by atoms with Gasteiger partial charge in [0.2, 0.25) is 5.91 Å². The molecule has 2 saturated heterocycles. The fourth-order valence-corrected chi connectivity index (χ4v) is 4.88. The number of hydrogen-bond donors (Lipinski definition) is 4. The van der Waals surface area contributed by atoms with Gasteiger partial charge in [-0.25, -0.2) is 8.78 Å². The number of halogens is 2. The fourth-order valence-electron chi connectivity index (χ4n) is 4.88. The Morgan fingerprint density at radius 3 is 2.75 bits per heavy atom. The van der Waals surface area contributed by atoms with Crippen molar-refractivity contribution in [1.82, 2.24) is 35.5 Å². The monoisotopic (exact) mass is 500 g/mol. The number of carbonyl (C=O) groups excluding carboxylic acids is 2. The molecule has 5 N–H and O–H groups in total. The molecule has 0 aliphatic carbocycles. The van der Waals surface area contributed by atoms with E-state index in [9.17, 15) is 23.5 Å². The third-order valence-electron chi connectivity index (χ3n) is 6.69. The number of primary amides is 1. The van der Waals surface area contributed by atoms with E-state index >= 15 is 0 Å². The fraction of sp³-hybridized carbons (Fsp3) is 0.435. The highest BCUT2D eigenvalue weighted by Crippen LogP contribution is 2.28. The number of benzene rings is 1. The average Bonchev–Trinajstić information content (AvgIpc) is 3.56. The lowest BCUT2D eigenvalue weighted by Gasteiger charge is -2.31. The summed E-state index contributed by atoms with van der Waals surface area (Å²) < 4.78 is 29.6. The molecule has 11 nitrogen and oxygen atoms in total. The number of alkyl halides is 2. The van der Waals surface area contributed by atoms with Crippen LogP contribution in [-0.4, -0.2) is 92.1 Å². The molecule has 190 valence electrons. The van der Waals surface area contributed by atoms with Crippen LogP contribution < -0.4 is 16.4 Å². The molecule has 2 aromatic heterocycles. The van der Waals surface area contributed by atoms with E-state index in [1.807, 2.05) is 0 Å². The minimum Gasteiger partial charge on any atom is -0.376 e. The maximum atomic E-state index is 14.3. The summed E-state index contributed by atoms with van der Waals surface area (Å²) >= 11 is 0. The Morgan fingerprint density at radius 2 is 2.06 bits per heavy atom. The quantitative estimate of drug-likeness (QED) is 0.324. The van der Waals surface area contributed by atoms with E-state index < -0.39 is 42.5 Å². The largest absolute Gasteiger partial charge is 0.376 e. The first-order valence-electron chi connectivity index (χ1n) is 11.6. The molecule has 2 aliphatic rings. The lowest BCUT2D eigenvalue weighted by Crippen LogP contribution is -2.54. The van der Waals surface area contributed by atoms with Gasteiger partial charge in [0.25, 0.3) is 5.91 Å². The number of amides is 2. The van der Waals surface area contributed by atoms with Gasteiger partial charge in [-0.15, -0.1) is 0 Å². The predicted octanol–water partition coefficient (Wildman–Crippen LogP) is -0.251. The van der Waals surface area contributed by atoms with Crippen molar-refractivity contribution in [2.24, 2.45) is 5.73 Å². The number of nitrogens with two attached hydrogens (primary N) is 1. The Kier molecular flexibility index (Phi) is 6.60. The number of hydrogen-bond acceptors (Lipinski definition) is 8. The molecule has 0 bridgehead atoms. The number of fused-ring (bicyclic) bond motifs is 1. The van der Waals surface area contributed by atoms with Crippen molar-refractivity contribution in [2.75, 3.05) is 19.6 Å². The van der Waals surface area contributed by atoms with Gasteiger partial charge in [0.05, 0.1) is 36.5 Å². The van der Waals surface area contributed by atoms with Crippen molar-refractivity contribution in [3.8, 4) is 11.1 Å². The lowest BCUT2D eigenvalue weighted by atomic mass is 10.0. The summed E-state index contributed by atoms with van der Waals surface area (Å²) in [6.45, 7) is -0.0140. The second-order valence-electron chi connectivity index (χ2n) is 9.07. The molecular weight excluding hydrogens is 474 g/mol. The molecule has 4 heterocycles. The van der Waals surface area contributed by atoms with Crippen LogP contribution in [0.4, 0.5) is 8.78 Å². The summed E-state index contributed by atoms with van der Waals surface area (Å²) in [5, 5.41) is 28.6. The number of aromatic nitrogens is 4. The van der Waals surface area contributed by atoms with Crippen molar-refractivity contribution in [1.29, 1.82) is 0 Å². The van der Waals surface area contributed by atoms with Gasteiger partial charge in [-0.1, -0.05) is 6.07 Å². The van der Waals surface area contributed by atoms with E-state index in [1.54, 1.807) is 36.7 Å². The molecular formula is C23H26F2N8O3. The summed E-state index contributed by atoms with van der Waals surface area (Å²) in [5.74, 6) is -1.25. The zero-order chi connectivity index (χ0) is 25.4. The highest BCUT2D eigenvalue weighted by molar-refractivity contribution is 6.05. The molecule has 0 radical (unpaired) electrons. The van der Waals surface area contributed by atoms with E-state index in [-0.39, 0.29) is 31.7 Å². The smallest absolute Gasteiger partial charge is 0.269 e. The normalized spacial score (nSPS) is 24.9. The van der Waals surface area contributed by atoms with Crippen LogP contribution in [0.3, 0.4) is 0 Å². The van der Waals surface area contributed by atoms with Gasteiger partial charge < -0.3 is 21.1 Å². The molecule has 5 atom stereocenters. The minimum atomic E-state index is -1.33. The van der Waals surface area contributed by atoms with E-state index in [0.29, 0.717) is 17.4 Å². The van der Waals surface area contributed by atoms with Crippen LogP contribution in [-0.2, 0) is 11.3 Å². The van der Waals surface area contributed by atoms with Crippen LogP contribution in [0, 0.1) is 0 Å². The third kappa shape index (κ3) is 4.64.